The summed E-state index contributed by atoms with van der Waals surface area (Å²) >= 11 is 0. The molecule has 0 aliphatic carbocycles. The first kappa shape index (κ1) is 15.0. The Balaban J connectivity index is 2.51. The molecule has 0 aromatic heterocycles. The molecular weight excluding hydrogens is 295 g/mol. The quantitative estimate of drug-likeness (QED) is 0.904. The van der Waals surface area contributed by atoms with Crippen LogP contribution in [0.15, 0.2) is 47.4 Å². The molecule has 5 nitrogen and oxygen atoms in total. The first-order valence-corrected chi connectivity index (χ1v) is 7.38. The fraction of sp³-hybridized carbons (Fsp3) is 0.0714. The Bertz CT molecular complexity index is 813. The van der Waals surface area contributed by atoms with E-state index in [1.807, 2.05) is 0 Å². The topological polar surface area (TPSA) is 90.2 Å². The van der Waals surface area contributed by atoms with Crippen molar-refractivity contribution in [1.29, 1.82) is 5.26 Å². The molecule has 0 radical (unpaired) electrons. The van der Waals surface area contributed by atoms with Gasteiger partial charge < -0.3 is 5.11 Å². The third-order valence-electron chi connectivity index (χ3n) is 2.80. The number of nitrogens with one attached hydrogen (secondary N) is 1. The Morgan fingerprint density at radius 3 is 2.57 bits per heavy atom. The summed E-state index contributed by atoms with van der Waals surface area (Å²) in [5.74, 6) is -0.806. The zero-order valence-electron chi connectivity index (χ0n) is 10.7. The molecule has 7 heteroatoms. The van der Waals surface area contributed by atoms with Crippen LogP contribution in [0.1, 0.15) is 11.1 Å². The van der Waals surface area contributed by atoms with Crippen LogP contribution in [-0.4, -0.2) is 13.5 Å². The number of nitriles is 1. The number of aliphatic hydroxyl groups excluding tert-OH is 1. The molecule has 2 aromatic rings. The van der Waals surface area contributed by atoms with E-state index in [0.29, 0.717) is 0 Å². The molecule has 108 valence electrons. The second-order valence-corrected chi connectivity index (χ2v) is 5.80. The minimum atomic E-state index is -4.13. The molecule has 21 heavy (non-hydrogen) atoms. The fourth-order valence-electron chi connectivity index (χ4n) is 1.80. The number of benzene rings is 2. The second kappa shape index (κ2) is 5.91. The third kappa shape index (κ3) is 3.02. The zero-order chi connectivity index (χ0) is 15.5. The van der Waals surface area contributed by atoms with Gasteiger partial charge in [-0.15, -0.1) is 0 Å². The summed E-state index contributed by atoms with van der Waals surface area (Å²) in [6.07, 6.45) is 0. The molecule has 0 heterocycles. The highest BCUT2D eigenvalue weighted by Gasteiger charge is 2.21. The van der Waals surface area contributed by atoms with Gasteiger partial charge in [0, 0.05) is 5.56 Å². The van der Waals surface area contributed by atoms with Gasteiger partial charge in [-0.1, -0.05) is 24.3 Å². The maximum Gasteiger partial charge on any atom is 0.263 e. The molecule has 2 N–H and O–H groups in total. The Labute approximate surface area is 121 Å². The molecule has 0 fully saturated rings. The van der Waals surface area contributed by atoms with Crippen molar-refractivity contribution in [2.24, 2.45) is 0 Å². The smallest absolute Gasteiger partial charge is 0.263 e. The van der Waals surface area contributed by atoms with Crippen molar-refractivity contribution in [2.45, 2.75) is 11.5 Å². The van der Waals surface area contributed by atoms with Crippen LogP contribution in [-0.2, 0) is 16.6 Å². The van der Waals surface area contributed by atoms with Gasteiger partial charge in [-0.2, -0.15) is 5.26 Å². The molecule has 0 atom stereocenters. The number of para-hydroxylation sites is 1. The predicted molar refractivity (Wildman–Crippen MR) is 74.3 cm³/mol. The van der Waals surface area contributed by atoms with Gasteiger partial charge in [0.2, 0.25) is 0 Å². The highest BCUT2D eigenvalue weighted by atomic mass is 32.2. The van der Waals surface area contributed by atoms with E-state index < -0.39 is 22.4 Å². The molecule has 0 saturated carbocycles. The summed E-state index contributed by atoms with van der Waals surface area (Å²) < 4.78 is 40.4. The van der Waals surface area contributed by atoms with Crippen molar-refractivity contribution in [3.63, 3.8) is 0 Å². The van der Waals surface area contributed by atoms with E-state index in [4.69, 9.17) is 10.4 Å². The SMILES string of the molecule is N#Cc1ccccc1S(=O)(=O)Nc1c(F)cccc1CO. The van der Waals surface area contributed by atoms with Crippen molar-refractivity contribution in [2.75, 3.05) is 4.72 Å². The monoisotopic (exact) mass is 306 g/mol. The van der Waals surface area contributed by atoms with Crippen molar-refractivity contribution in [3.05, 3.63) is 59.4 Å². The van der Waals surface area contributed by atoms with Gasteiger partial charge in [-0.3, -0.25) is 4.72 Å². The molecule has 0 bridgehead atoms. The summed E-state index contributed by atoms with van der Waals surface area (Å²) in [6.45, 7) is -0.518. The standard InChI is InChI=1S/C14H11FN2O3S/c15-12-6-3-5-11(9-18)14(12)17-21(19,20)13-7-2-1-4-10(13)8-16/h1-7,17-18H,9H2. The number of sulfonamides is 1. The third-order valence-corrected chi connectivity index (χ3v) is 4.21. The first-order chi connectivity index (χ1) is 9.99. The molecular formula is C14H11FN2O3S. The fourth-order valence-corrected chi connectivity index (χ4v) is 3.07. The summed E-state index contributed by atoms with van der Waals surface area (Å²) in [4.78, 5) is -0.250. The lowest BCUT2D eigenvalue weighted by Gasteiger charge is -2.13. The number of anilines is 1. The minimum Gasteiger partial charge on any atom is -0.392 e. The summed E-state index contributed by atoms with van der Waals surface area (Å²) in [6, 6.07) is 11.2. The summed E-state index contributed by atoms with van der Waals surface area (Å²) in [7, 11) is -4.13. The van der Waals surface area contributed by atoms with Crippen molar-refractivity contribution < 1.29 is 17.9 Å². The Morgan fingerprint density at radius 1 is 1.19 bits per heavy atom. The van der Waals surface area contributed by atoms with Crippen LogP contribution in [0.4, 0.5) is 10.1 Å². The van der Waals surface area contributed by atoms with Crippen LogP contribution in [0.2, 0.25) is 0 Å². The highest BCUT2D eigenvalue weighted by Crippen LogP contribution is 2.24. The van der Waals surface area contributed by atoms with Crippen molar-refractivity contribution in [1.82, 2.24) is 0 Å². The molecule has 0 unspecified atom stereocenters. The van der Waals surface area contributed by atoms with Gasteiger partial charge in [-0.25, -0.2) is 12.8 Å². The lowest BCUT2D eigenvalue weighted by molar-refractivity contribution is 0.282. The van der Waals surface area contributed by atoms with Crippen molar-refractivity contribution in [3.8, 4) is 6.07 Å². The van der Waals surface area contributed by atoms with E-state index >= 15 is 0 Å². The number of rotatable bonds is 4. The second-order valence-electron chi connectivity index (χ2n) is 4.15. The Kier molecular flexibility index (Phi) is 4.21. The summed E-state index contributed by atoms with van der Waals surface area (Å²) in [5, 5.41) is 18.1. The van der Waals surface area contributed by atoms with E-state index in [2.05, 4.69) is 4.72 Å². The van der Waals surface area contributed by atoms with Crippen LogP contribution in [0.5, 0.6) is 0 Å². The van der Waals surface area contributed by atoms with Crippen LogP contribution >= 0.6 is 0 Å². The number of nitrogens with zero attached hydrogens (tertiary/aromatic N) is 1. The number of hydrogen-bond donors (Lipinski definition) is 2. The average Bonchev–Trinajstić information content (AvgIpc) is 2.49. The van der Waals surface area contributed by atoms with Gasteiger partial charge in [0.15, 0.2) is 0 Å². The summed E-state index contributed by atoms with van der Waals surface area (Å²) in [5.41, 5.74) is -0.271. The van der Waals surface area contributed by atoms with Crippen LogP contribution in [0.25, 0.3) is 0 Å². The molecule has 0 saturated heterocycles. The molecule has 0 amide bonds. The maximum absolute atomic E-state index is 13.8. The predicted octanol–water partition coefficient (Wildman–Crippen LogP) is 1.99. The number of hydrogen-bond acceptors (Lipinski definition) is 4. The molecule has 2 aromatic carbocycles. The lowest BCUT2D eigenvalue weighted by atomic mass is 10.2. The van der Waals surface area contributed by atoms with Crippen molar-refractivity contribution >= 4 is 15.7 Å². The van der Waals surface area contributed by atoms with E-state index in [1.165, 1.54) is 36.4 Å². The first-order valence-electron chi connectivity index (χ1n) is 5.90. The molecule has 0 aliphatic rings. The zero-order valence-corrected chi connectivity index (χ0v) is 11.6. The lowest BCUT2D eigenvalue weighted by Crippen LogP contribution is -2.16. The van der Waals surface area contributed by atoms with Gasteiger partial charge in [-0.05, 0) is 18.2 Å². The Morgan fingerprint density at radius 2 is 1.90 bits per heavy atom. The maximum atomic E-state index is 13.8. The molecule has 0 aliphatic heterocycles. The largest absolute Gasteiger partial charge is 0.392 e. The normalized spacial score (nSPS) is 10.9. The van der Waals surface area contributed by atoms with Gasteiger partial charge >= 0.3 is 0 Å². The number of halogens is 1. The molecule has 0 spiro atoms. The average molecular weight is 306 g/mol. The van der Waals surface area contributed by atoms with Crippen LogP contribution in [0, 0.1) is 17.1 Å². The van der Waals surface area contributed by atoms with Gasteiger partial charge in [0.05, 0.1) is 17.9 Å². The van der Waals surface area contributed by atoms with E-state index in [0.717, 1.165) is 6.07 Å². The molecule has 2 rings (SSSR count). The highest BCUT2D eigenvalue weighted by molar-refractivity contribution is 7.92. The minimum absolute atomic E-state index is 0.0492. The van der Waals surface area contributed by atoms with E-state index in [-0.39, 0.29) is 21.7 Å². The van der Waals surface area contributed by atoms with E-state index in [1.54, 1.807) is 6.07 Å². The number of aliphatic hydroxyl groups is 1. The van der Waals surface area contributed by atoms with Crippen LogP contribution < -0.4 is 4.72 Å². The van der Waals surface area contributed by atoms with E-state index in [9.17, 15) is 12.8 Å². The Hall–Kier alpha value is -2.43. The van der Waals surface area contributed by atoms with Gasteiger partial charge in [0.1, 0.15) is 16.8 Å². The van der Waals surface area contributed by atoms with Gasteiger partial charge in [0.25, 0.3) is 10.0 Å². The van der Waals surface area contributed by atoms with Crippen LogP contribution in [0.3, 0.4) is 0 Å².